The van der Waals surface area contributed by atoms with Crippen LogP contribution >= 0.6 is 0 Å². The molecule has 1 heterocycles. The van der Waals surface area contributed by atoms with Gasteiger partial charge in [0.25, 0.3) is 0 Å². The Bertz CT molecular complexity index is 398. The average molecular weight is 233 g/mol. The highest BCUT2D eigenvalue weighted by atomic mass is 16.5. The first-order valence-electron chi connectivity index (χ1n) is 6.55. The predicted octanol–water partition coefficient (Wildman–Crippen LogP) is 3.46. The van der Waals surface area contributed by atoms with Crippen LogP contribution in [0.5, 0.6) is 5.75 Å². The Morgan fingerprint density at radius 2 is 2.18 bits per heavy atom. The molecule has 0 radical (unpaired) electrons. The van der Waals surface area contributed by atoms with Crippen LogP contribution in [0.25, 0.3) is 0 Å². The van der Waals surface area contributed by atoms with Gasteiger partial charge in [-0.1, -0.05) is 25.5 Å². The van der Waals surface area contributed by atoms with E-state index in [0.717, 1.165) is 18.6 Å². The van der Waals surface area contributed by atoms with E-state index in [1.165, 1.54) is 17.5 Å². The molecule has 0 saturated heterocycles. The Labute approximate surface area is 104 Å². The number of nitrogens with one attached hydrogen (secondary N) is 1. The van der Waals surface area contributed by atoms with E-state index in [1.807, 2.05) is 7.05 Å². The van der Waals surface area contributed by atoms with Gasteiger partial charge in [-0.25, -0.2) is 0 Å². The zero-order valence-corrected chi connectivity index (χ0v) is 11.3. The highest BCUT2D eigenvalue weighted by molar-refractivity contribution is 5.41. The topological polar surface area (TPSA) is 21.3 Å². The molecule has 1 unspecified atom stereocenters. The van der Waals surface area contributed by atoms with Gasteiger partial charge in [0.05, 0.1) is 0 Å². The monoisotopic (exact) mass is 233 g/mol. The maximum atomic E-state index is 6.04. The van der Waals surface area contributed by atoms with Crippen molar-refractivity contribution in [1.29, 1.82) is 0 Å². The SMILES string of the molecule is CCCc1ccc2c(c1)C(NC)CC(C)(C)O2. The summed E-state index contributed by atoms with van der Waals surface area (Å²) in [6.45, 7) is 6.52. The van der Waals surface area contributed by atoms with Crippen LogP contribution in [-0.4, -0.2) is 12.6 Å². The Kier molecular flexibility index (Phi) is 3.43. The molecule has 0 bridgehead atoms. The zero-order chi connectivity index (χ0) is 12.5. The largest absolute Gasteiger partial charge is 0.487 e. The summed E-state index contributed by atoms with van der Waals surface area (Å²) in [5.41, 5.74) is 2.65. The molecule has 0 fully saturated rings. The number of benzene rings is 1. The number of hydrogen-bond acceptors (Lipinski definition) is 2. The quantitative estimate of drug-likeness (QED) is 0.863. The number of hydrogen-bond donors (Lipinski definition) is 1. The summed E-state index contributed by atoms with van der Waals surface area (Å²) in [5, 5.41) is 3.41. The van der Waals surface area contributed by atoms with Crippen LogP contribution in [0.15, 0.2) is 18.2 Å². The second-order valence-corrected chi connectivity index (χ2v) is 5.53. The minimum atomic E-state index is -0.0764. The molecule has 0 aromatic heterocycles. The molecule has 17 heavy (non-hydrogen) atoms. The van der Waals surface area contributed by atoms with Crippen LogP contribution in [-0.2, 0) is 6.42 Å². The van der Waals surface area contributed by atoms with E-state index in [-0.39, 0.29) is 5.60 Å². The Morgan fingerprint density at radius 1 is 1.41 bits per heavy atom. The van der Waals surface area contributed by atoms with Crippen molar-refractivity contribution in [3.8, 4) is 5.75 Å². The molecule has 1 aliphatic heterocycles. The molecule has 1 N–H and O–H groups in total. The van der Waals surface area contributed by atoms with Crippen molar-refractivity contribution in [3.05, 3.63) is 29.3 Å². The number of fused-ring (bicyclic) bond motifs is 1. The van der Waals surface area contributed by atoms with Gasteiger partial charge in [-0.2, -0.15) is 0 Å². The van der Waals surface area contributed by atoms with Crippen molar-refractivity contribution in [2.24, 2.45) is 0 Å². The van der Waals surface area contributed by atoms with Crippen molar-refractivity contribution in [2.45, 2.75) is 51.7 Å². The smallest absolute Gasteiger partial charge is 0.124 e. The number of rotatable bonds is 3. The van der Waals surface area contributed by atoms with Crippen molar-refractivity contribution in [2.75, 3.05) is 7.05 Å². The molecule has 94 valence electrons. The van der Waals surface area contributed by atoms with Crippen LogP contribution in [0.1, 0.15) is 50.8 Å². The second-order valence-electron chi connectivity index (χ2n) is 5.53. The zero-order valence-electron chi connectivity index (χ0n) is 11.3. The van der Waals surface area contributed by atoms with Gasteiger partial charge in [-0.15, -0.1) is 0 Å². The average Bonchev–Trinajstić information content (AvgIpc) is 2.28. The van der Waals surface area contributed by atoms with E-state index in [9.17, 15) is 0 Å². The molecule has 1 atom stereocenters. The van der Waals surface area contributed by atoms with Crippen LogP contribution in [0.2, 0.25) is 0 Å². The first-order chi connectivity index (χ1) is 8.05. The normalized spacial score (nSPS) is 21.8. The lowest BCUT2D eigenvalue weighted by Crippen LogP contribution is -2.38. The minimum absolute atomic E-state index is 0.0764. The molecule has 2 rings (SSSR count). The summed E-state index contributed by atoms with van der Waals surface area (Å²) in [4.78, 5) is 0. The lowest BCUT2D eigenvalue weighted by molar-refractivity contribution is 0.0675. The van der Waals surface area contributed by atoms with E-state index < -0.39 is 0 Å². The summed E-state index contributed by atoms with van der Waals surface area (Å²) in [6, 6.07) is 7.03. The Balaban J connectivity index is 2.36. The molecule has 2 nitrogen and oxygen atoms in total. The fourth-order valence-electron chi connectivity index (χ4n) is 2.61. The van der Waals surface area contributed by atoms with E-state index in [1.54, 1.807) is 0 Å². The Hall–Kier alpha value is -1.02. The van der Waals surface area contributed by atoms with E-state index in [2.05, 4.69) is 44.3 Å². The summed E-state index contributed by atoms with van der Waals surface area (Å²) in [7, 11) is 2.03. The number of ether oxygens (including phenoxy) is 1. The summed E-state index contributed by atoms with van der Waals surface area (Å²) in [6.07, 6.45) is 3.36. The highest BCUT2D eigenvalue weighted by Gasteiger charge is 2.32. The van der Waals surface area contributed by atoms with E-state index in [4.69, 9.17) is 4.74 Å². The van der Waals surface area contributed by atoms with Crippen molar-refractivity contribution >= 4 is 0 Å². The maximum Gasteiger partial charge on any atom is 0.124 e. The fraction of sp³-hybridized carbons (Fsp3) is 0.600. The molecule has 2 heteroatoms. The van der Waals surface area contributed by atoms with E-state index >= 15 is 0 Å². The predicted molar refractivity (Wildman–Crippen MR) is 71.6 cm³/mol. The van der Waals surface area contributed by atoms with Gasteiger partial charge >= 0.3 is 0 Å². The van der Waals surface area contributed by atoms with Gasteiger partial charge in [-0.05, 0) is 38.9 Å². The van der Waals surface area contributed by atoms with Crippen LogP contribution in [0.4, 0.5) is 0 Å². The van der Waals surface area contributed by atoms with Gasteiger partial charge in [0.1, 0.15) is 11.4 Å². The van der Waals surface area contributed by atoms with Crippen molar-refractivity contribution in [3.63, 3.8) is 0 Å². The van der Waals surface area contributed by atoms with Gasteiger partial charge in [0, 0.05) is 18.0 Å². The summed E-state index contributed by atoms with van der Waals surface area (Å²) in [5.74, 6) is 1.04. The highest BCUT2D eigenvalue weighted by Crippen LogP contribution is 2.39. The standard InChI is InChI=1S/C15H23NO/c1-5-6-11-7-8-14-12(9-11)13(16-4)10-15(2,3)17-14/h7-9,13,16H,5-6,10H2,1-4H3. The molecule has 0 spiro atoms. The third kappa shape index (κ3) is 2.63. The van der Waals surface area contributed by atoms with Gasteiger partial charge in [-0.3, -0.25) is 0 Å². The maximum absolute atomic E-state index is 6.04. The third-order valence-electron chi connectivity index (χ3n) is 3.42. The van der Waals surface area contributed by atoms with Crippen molar-refractivity contribution < 1.29 is 4.74 Å². The van der Waals surface area contributed by atoms with Crippen LogP contribution < -0.4 is 10.1 Å². The molecule has 0 amide bonds. The summed E-state index contributed by atoms with van der Waals surface area (Å²) >= 11 is 0. The molecular weight excluding hydrogens is 210 g/mol. The summed E-state index contributed by atoms with van der Waals surface area (Å²) < 4.78 is 6.04. The minimum Gasteiger partial charge on any atom is -0.487 e. The lowest BCUT2D eigenvalue weighted by atomic mass is 9.88. The molecular formula is C15H23NO. The number of aryl methyl sites for hydroxylation is 1. The first kappa shape index (κ1) is 12.4. The molecule has 0 saturated carbocycles. The van der Waals surface area contributed by atoms with Gasteiger partial charge < -0.3 is 10.1 Å². The first-order valence-corrected chi connectivity index (χ1v) is 6.55. The molecule has 1 aromatic carbocycles. The van der Waals surface area contributed by atoms with Crippen LogP contribution in [0.3, 0.4) is 0 Å². The molecule has 1 aromatic rings. The van der Waals surface area contributed by atoms with Gasteiger partial charge in [0.15, 0.2) is 0 Å². The lowest BCUT2D eigenvalue weighted by Gasteiger charge is -2.37. The van der Waals surface area contributed by atoms with Crippen molar-refractivity contribution in [1.82, 2.24) is 5.32 Å². The Morgan fingerprint density at radius 3 is 2.82 bits per heavy atom. The van der Waals surface area contributed by atoms with Gasteiger partial charge in [0.2, 0.25) is 0 Å². The fourth-order valence-corrected chi connectivity index (χ4v) is 2.61. The third-order valence-corrected chi connectivity index (χ3v) is 3.42. The van der Waals surface area contributed by atoms with Crippen LogP contribution in [0, 0.1) is 0 Å². The van der Waals surface area contributed by atoms with E-state index in [0.29, 0.717) is 6.04 Å². The molecule has 0 aliphatic carbocycles. The molecule has 1 aliphatic rings. The second kappa shape index (κ2) is 4.69.